The van der Waals surface area contributed by atoms with Crippen molar-refractivity contribution in [3.05, 3.63) is 35.4 Å². The van der Waals surface area contributed by atoms with Crippen molar-refractivity contribution < 1.29 is 13.9 Å². The van der Waals surface area contributed by atoms with E-state index in [1.807, 2.05) is 6.92 Å². The van der Waals surface area contributed by atoms with Gasteiger partial charge in [0.15, 0.2) is 11.6 Å². The number of hydrogen-bond donors (Lipinski definition) is 1. The van der Waals surface area contributed by atoms with Crippen molar-refractivity contribution in [2.45, 2.75) is 19.8 Å². The van der Waals surface area contributed by atoms with Gasteiger partial charge in [0.2, 0.25) is 0 Å². The molecule has 0 bridgehead atoms. The van der Waals surface area contributed by atoms with Gasteiger partial charge in [0, 0.05) is 6.61 Å². The maximum absolute atomic E-state index is 12.8. The number of aryl methyl sites for hydroxylation is 1. The molecule has 0 unspecified atom stereocenters. The molecule has 0 heterocycles. The van der Waals surface area contributed by atoms with Crippen LogP contribution in [0.4, 0.5) is 8.78 Å². The first kappa shape index (κ1) is 11.1. The van der Waals surface area contributed by atoms with Gasteiger partial charge < -0.3 is 5.11 Å². The molecule has 1 aromatic rings. The second kappa shape index (κ2) is 5.05. The van der Waals surface area contributed by atoms with Crippen LogP contribution in [0.25, 0.3) is 0 Å². The Balaban J connectivity index is 2.55. The van der Waals surface area contributed by atoms with Crippen molar-refractivity contribution in [2.24, 2.45) is 5.92 Å². The van der Waals surface area contributed by atoms with E-state index in [0.717, 1.165) is 18.1 Å². The molecule has 0 amide bonds. The number of hydrogen-bond acceptors (Lipinski definition) is 1. The Kier molecular flexibility index (Phi) is 4.01. The maximum Gasteiger partial charge on any atom is 0.159 e. The summed E-state index contributed by atoms with van der Waals surface area (Å²) in [6.45, 7) is 2.05. The molecule has 1 nitrogen and oxygen atoms in total. The molecule has 1 N–H and O–H groups in total. The highest BCUT2D eigenvalue weighted by atomic mass is 19.2. The second-order valence-electron chi connectivity index (χ2n) is 3.57. The zero-order valence-corrected chi connectivity index (χ0v) is 8.13. The summed E-state index contributed by atoms with van der Waals surface area (Å²) in [4.78, 5) is 0. The van der Waals surface area contributed by atoms with E-state index in [2.05, 4.69) is 0 Å². The highest BCUT2D eigenvalue weighted by molar-refractivity contribution is 5.17. The van der Waals surface area contributed by atoms with Gasteiger partial charge >= 0.3 is 0 Å². The number of aliphatic hydroxyl groups is 1. The molecule has 78 valence electrons. The zero-order chi connectivity index (χ0) is 10.6. The summed E-state index contributed by atoms with van der Waals surface area (Å²) in [5.74, 6) is -1.42. The van der Waals surface area contributed by atoms with Crippen LogP contribution in [0.1, 0.15) is 18.9 Å². The molecule has 0 saturated carbocycles. The van der Waals surface area contributed by atoms with Crippen LogP contribution in [-0.4, -0.2) is 11.7 Å². The van der Waals surface area contributed by atoms with Crippen LogP contribution in [0.5, 0.6) is 0 Å². The average molecular weight is 200 g/mol. The Labute approximate surface area is 82.4 Å². The van der Waals surface area contributed by atoms with Gasteiger partial charge in [-0.15, -0.1) is 0 Å². The van der Waals surface area contributed by atoms with Crippen LogP contribution >= 0.6 is 0 Å². The van der Waals surface area contributed by atoms with Gasteiger partial charge in [-0.1, -0.05) is 13.0 Å². The van der Waals surface area contributed by atoms with E-state index in [1.54, 1.807) is 6.07 Å². The van der Waals surface area contributed by atoms with Crippen molar-refractivity contribution >= 4 is 0 Å². The smallest absolute Gasteiger partial charge is 0.159 e. The first-order valence-corrected chi connectivity index (χ1v) is 4.68. The Bertz CT molecular complexity index is 299. The SMILES string of the molecule is C[C@@H](CO)CCc1ccc(F)c(F)c1. The third-order valence-electron chi connectivity index (χ3n) is 2.22. The molecule has 0 radical (unpaired) electrons. The van der Waals surface area contributed by atoms with Crippen LogP contribution in [0.3, 0.4) is 0 Å². The van der Waals surface area contributed by atoms with Crippen molar-refractivity contribution in [3.63, 3.8) is 0 Å². The molecule has 0 aliphatic rings. The first-order chi connectivity index (χ1) is 6.63. The Morgan fingerprint density at radius 1 is 1.29 bits per heavy atom. The Hall–Kier alpha value is -0.960. The highest BCUT2D eigenvalue weighted by Crippen LogP contribution is 2.12. The van der Waals surface area contributed by atoms with Gasteiger partial charge in [0.25, 0.3) is 0 Å². The fourth-order valence-electron chi connectivity index (χ4n) is 1.20. The molecular formula is C11H14F2O. The number of aliphatic hydroxyl groups excluding tert-OH is 1. The van der Waals surface area contributed by atoms with Crippen molar-refractivity contribution in [3.8, 4) is 0 Å². The second-order valence-corrected chi connectivity index (χ2v) is 3.57. The normalized spacial score (nSPS) is 12.9. The Morgan fingerprint density at radius 2 is 2.00 bits per heavy atom. The summed E-state index contributed by atoms with van der Waals surface area (Å²) < 4.78 is 25.3. The van der Waals surface area contributed by atoms with E-state index >= 15 is 0 Å². The predicted octanol–water partition coefficient (Wildman–Crippen LogP) is 2.53. The van der Waals surface area contributed by atoms with Crippen LogP contribution < -0.4 is 0 Å². The monoisotopic (exact) mass is 200 g/mol. The van der Waals surface area contributed by atoms with Gasteiger partial charge in [0.05, 0.1) is 0 Å². The predicted molar refractivity (Wildman–Crippen MR) is 50.9 cm³/mol. The third-order valence-corrected chi connectivity index (χ3v) is 2.22. The Morgan fingerprint density at radius 3 is 2.57 bits per heavy atom. The molecule has 3 heteroatoms. The minimum atomic E-state index is -0.816. The molecule has 0 aliphatic heterocycles. The number of rotatable bonds is 4. The third kappa shape index (κ3) is 3.07. The fourth-order valence-corrected chi connectivity index (χ4v) is 1.20. The quantitative estimate of drug-likeness (QED) is 0.791. The van der Waals surface area contributed by atoms with Gasteiger partial charge in [-0.25, -0.2) is 8.78 Å². The lowest BCUT2D eigenvalue weighted by Gasteiger charge is -2.07. The van der Waals surface area contributed by atoms with E-state index < -0.39 is 11.6 Å². The highest BCUT2D eigenvalue weighted by Gasteiger charge is 2.04. The van der Waals surface area contributed by atoms with Crippen LogP contribution in [0, 0.1) is 17.6 Å². The van der Waals surface area contributed by atoms with Crippen molar-refractivity contribution in [2.75, 3.05) is 6.61 Å². The summed E-state index contributed by atoms with van der Waals surface area (Å²) in [6.07, 6.45) is 1.44. The largest absolute Gasteiger partial charge is 0.396 e. The molecule has 1 rings (SSSR count). The van der Waals surface area contributed by atoms with Crippen LogP contribution in [0.15, 0.2) is 18.2 Å². The van der Waals surface area contributed by atoms with Gasteiger partial charge in [-0.2, -0.15) is 0 Å². The lowest BCUT2D eigenvalue weighted by Crippen LogP contribution is -2.02. The summed E-state index contributed by atoms with van der Waals surface area (Å²) in [7, 11) is 0. The van der Waals surface area contributed by atoms with Crippen molar-refractivity contribution in [1.82, 2.24) is 0 Å². The molecule has 0 fully saturated rings. The molecule has 1 atom stereocenters. The van der Waals surface area contributed by atoms with Crippen LogP contribution in [-0.2, 0) is 6.42 Å². The van der Waals surface area contributed by atoms with Gasteiger partial charge in [0.1, 0.15) is 0 Å². The minimum Gasteiger partial charge on any atom is -0.396 e. The average Bonchev–Trinajstić information content (AvgIpc) is 2.19. The molecule has 0 saturated heterocycles. The van der Waals surface area contributed by atoms with Crippen molar-refractivity contribution in [1.29, 1.82) is 0 Å². The maximum atomic E-state index is 12.8. The molecule has 1 aromatic carbocycles. The molecule has 0 aliphatic carbocycles. The van der Waals surface area contributed by atoms with Gasteiger partial charge in [-0.05, 0) is 36.5 Å². The topological polar surface area (TPSA) is 20.2 Å². The molecule has 14 heavy (non-hydrogen) atoms. The molecule has 0 aromatic heterocycles. The number of halogens is 2. The lowest BCUT2D eigenvalue weighted by molar-refractivity contribution is 0.230. The number of benzene rings is 1. The summed E-state index contributed by atoms with van der Waals surface area (Å²) >= 11 is 0. The fraction of sp³-hybridized carbons (Fsp3) is 0.455. The van der Waals surface area contributed by atoms with Crippen LogP contribution in [0.2, 0.25) is 0 Å². The van der Waals surface area contributed by atoms with E-state index in [1.165, 1.54) is 6.07 Å². The molecule has 0 spiro atoms. The van der Waals surface area contributed by atoms with E-state index in [-0.39, 0.29) is 12.5 Å². The zero-order valence-electron chi connectivity index (χ0n) is 8.13. The standard InChI is InChI=1S/C11H14F2O/c1-8(7-14)2-3-9-4-5-10(12)11(13)6-9/h4-6,8,14H,2-3,7H2,1H3/t8-/m1/s1. The minimum absolute atomic E-state index is 0.129. The molecular weight excluding hydrogens is 186 g/mol. The summed E-state index contributed by atoms with van der Waals surface area (Å²) in [5.41, 5.74) is 0.768. The first-order valence-electron chi connectivity index (χ1n) is 4.68. The summed E-state index contributed by atoms with van der Waals surface area (Å²) in [5, 5.41) is 8.78. The van der Waals surface area contributed by atoms with Gasteiger partial charge in [-0.3, -0.25) is 0 Å². The van der Waals surface area contributed by atoms with E-state index in [0.29, 0.717) is 6.42 Å². The van der Waals surface area contributed by atoms with E-state index in [9.17, 15) is 8.78 Å². The summed E-state index contributed by atoms with van der Waals surface area (Å²) in [6, 6.07) is 3.91. The lowest BCUT2D eigenvalue weighted by atomic mass is 10.0. The van der Waals surface area contributed by atoms with E-state index in [4.69, 9.17) is 5.11 Å².